The molecule has 0 aromatic rings. The van der Waals surface area contributed by atoms with Crippen LogP contribution in [-0.2, 0) is 19.4 Å². The van der Waals surface area contributed by atoms with E-state index in [0.717, 1.165) is 12.8 Å². The first-order valence-electron chi connectivity index (χ1n) is 7.86. The minimum absolute atomic E-state index is 0.0225. The lowest BCUT2D eigenvalue weighted by Gasteiger charge is -2.28. The van der Waals surface area contributed by atoms with E-state index in [0.29, 0.717) is 19.4 Å². The Morgan fingerprint density at radius 2 is 1.91 bits per heavy atom. The van der Waals surface area contributed by atoms with Crippen LogP contribution >= 0.6 is 0 Å². The maximum atomic E-state index is 12.2. The average Bonchev–Trinajstić information content (AvgIpc) is 2.84. The number of carbonyl (C=O) groups is 2. The first-order chi connectivity index (χ1) is 10.1. The first-order valence-corrected chi connectivity index (χ1v) is 9.68. The molecule has 0 saturated carbocycles. The van der Waals surface area contributed by atoms with Crippen molar-refractivity contribution < 1.29 is 23.1 Å². The summed E-state index contributed by atoms with van der Waals surface area (Å²) in [6.45, 7) is 6.05. The van der Waals surface area contributed by atoms with E-state index in [1.165, 1.54) is 4.90 Å². The summed E-state index contributed by atoms with van der Waals surface area (Å²) in [5.41, 5.74) is -0.957. The molecule has 1 aliphatic heterocycles. The highest BCUT2D eigenvalue weighted by molar-refractivity contribution is 7.92. The molecule has 1 atom stereocenters. The van der Waals surface area contributed by atoms with Crippen molar-refractivity contribution in [2.45, 2.75) is 46.5 Å². The van der Waals surface area contributed by atoms with Crippen LogP contribution in [0.3, 0.4) is 0 Å². The zero-order chi connectivity index (χ0) is 17.0. The Bertz CT molecular complexity index is 514. The fraction of sp³-hybridized carbons (Fsp3) is 0.867. The molecule has 1 N–H and O–H groups in total. The molecule has 22 heavy (non-hydrogen) atoms. The molecule has 6 nitrogen and oxygen atoms in total. The van der Waals surface area contributed by atoms with Crippen LogP contribution in [0.1, 0.15) is 46.5 Å². The number of amides is 1. The Morgan fingerprint density at radius 1 is 1.27 bits per heavy atom. The molecule has 1 fully saturated rings. The van der Waals surface area contributed by atoms with Crippen LogP contribution in [0.5, 0.6) is 0 Å². The van der Waals surface area contributed by atoms with Crippen molar-refractivity contribution in [1.29, 1.82) is 0 Å². The van der Waals surface area contributed by atoms with Crippen LogP contribution in [-0.4, -0.2) is 54.9 Å². The Balaban J connectivity index is 2.67. The van der Waals surface area contributed by atoms with E-state index >= 15 is 0 Å². The lowest BCUT2D eigenvalue weighted by Crippen LogP contribution is -2.42. The van der Waals surface area contributed by atoms with Gasteiger partial charge in [0.05, 0.1) is 11.2 Å². The number of hydrogen-bond donors (Lipinski definition) is 1. The van der Waals surface area contributed by atoms with Crippen LogP contribution in [0, 0.1) is 11.3 Å². The number of rotatable bonds is 8. The summed E-state index contributed by atoms with van der Waals surface area (Å²) < 4.78 is 23.9. The minimum Gasteiger partial charge on any atom is -0.481 e. The van der Waals surface area contributed by atoms with Crippen LogP contribution < -0.4 is 0 Å². The Labute approximate surface area is 132 Å². The molecule has 128 valence electrons. The number of carboxylic acid groups (broad SMARTS) is 1. The number of sulfone groups is 1. The summed E-state index contributed by atoms with van der Waals surface area (Å²) in [5, 5.41) is 9.45. The first kappa shape index (κ1) is 18.9. The van der Waals surface area contributed by atoms with E-state index in [9.17, 15) is 23.1 Å². The van der Waals surface area contributed by atoms with Gasteiger partial charge in [0, 0.05) is 13.1 Å². The minimum atomic E-state index is -3.41. The lowest BCUT2D eigenvalue weighted by atomic mass is 9.76. The highest BCUT2D eigenvalue weighted by Gasteiger charge is 2.48. The van der Waals surface area contributed by atoms with Gasteiger partial charge in [-0.3, -0.25) is 9.59 Å². The van der Waals surface area contributed by atoms with Gasteiger partial charge in [-0.25, -0.2) is 8.42 Å². The monoisotopic (exact) mass is 333 g/mol. The number of likely N-dealkylation sites (tertiary alicyclic amines) is 1. The van der Waals surface area contributed by atoms with Crippen LogP contribution in [0.15, 0.2) is 0 Å². The quantitative estimate of drug-likeness (QED) is 0.680. The van der Waals surface area contributed by atoms with E-state index in [1.54, 1.807) is 0 Å². The van der Waals surface area contributed by atoms with Gasteiger partial charge in [0.2, 0.25) is 5.91 Å². The highest BCUT2D eigenvalue weighted by atomic mass is 32.2. The summed E-state index contributed by atoms with van der Waals surface area (Å²) >= 11 is 0. The lowest BCUT2D eigenvalue weighted by molar-refractivity contribution is -0.151. The van der Waals surface area contributed by atoms with E-state index in [-0.39, 0.29) is 18.2 Å². The largest absolute Gasteiger partial charge is 0.481 e. The molecule has 0 aromatic carbocycles. The maximum absolute atomic E-state index is 12.2. The average molecular weight is 333 g/mol. The van der Waals surface area contributed by atoms with E-state index in [4.69, 9.17) is 0 Å². The molecular formula is C15H27NO5S. The number of carbonyl (C=O) groups excluding carboxylic acids is 1. The zero-order valence-electron chi connectivity index (χ0n) is 13.7. The van der Waals surface area contributed by atoms with Gasteiger partial charge in [-0.05, 0) is 18.8 Å². The van der Waals surface area contributed by atoms with Gasteiger partial charge in [0.1, 0.15) is 5.75 Å². The Kier molecular flexibility index (Phi) is 6.40. The molecule has 1 unspecified atom stereocenters. The van der Waals surface area contributed by atoms with Crippen molar-refractivity contribution in [3.63, 3.8) is 0 Å². The molecule has 1 heterocycles. The number of unbranched alkanes of at least 4 members (excludes halogenated alkanes) is 2. The molecule has 1 saturated heterocycles. The SMILES string of the molecule is CCCCCS(=O)(=O)CC(=O)N1CCC(C(=O)O)(C(C)C)C1. The summed E-state index contributed by atoms with van der Waals surface area (Å²) in [5.74, 6) is -1.98. The Morgan fingerprint density at radius 3 is 2.36 bits per heavy atom. The summed E-state index contributed by atoms with van der Waals surface area (Å²) in [4.78, 5) is 25.1. The molecule has 0 bridgehead atoms. The third-order valence-corrected chi connectivity index (χ3v) is 6.18. The van der Waals surface area contributed by atoms with Crippen molar-refractivity contribution in [2.75, 3.05) is 24.6 Å². The predicted octanol–water partition coefficient (Wildman–Crippen LogP) is 1.55. The van der Waals surface area contributed by atoms with Crippen LogP contribution in [0.4, 0.5) is 0 Å². The van der Waals surface area contributed by atoms with Crippen LogP contribution in [0.25, 0.3) is 0 Å². The summed E-state index contributed by atoms with van der Waals surface area (Å²) in [6, 6.07) is 0. The molecule has 7 heteroatoms. The molecule has 0 spiro atoms. The zero-order valence-corrected chi connectivity index (χ0v) is 14.5. The third kappa shape index (κ3) is 4.44. The van der Waals surface area contributed by atoms with Crippen molar-refractivity contribution in [3.05, 3.63) is 0 Å². The van der Waals surface area contributed by atoms with Crippen molar-refractivity contribution >= 4 is 21.7 Å². The van der Waals surface area contributed by atoms with Gasteiger partial charge in [-0.2, -0.15) is 0 Å². The van der Waals surface area contributed by atoms with E-state index in [1.807, 2.05) is 20.8 Å². The molecule has 0 aromatic heterocycles. The topological polar surface area (TPSA) is 91.8 Å². The second-order valence-corrected chi connectivity index (χ2v) is 8.66. The highest BCUT2D eigenvalue weighted by Crippen LogP contribution is 2.38. The predicted molar refractivity (Wildman–Crippen MR) is 84.3 cm³/mol. The fourth-order valence-electron chi connectivity index (χ4n) is 2.86. The second kappa shape index (κ2) is 7.44. The molecule has 1 amide bonds. The number of nitrogens with zero attached hydrogens (tertiary/aromatic N) is 1. The maximum Gasteiger partial charge on any atom is 0.311 e. The van der Waals surface area contributed by atoms with Gasteiger partial charge < -0.3 is 10.0 Å². The number of aliphatic carboxylic acids is 1. The molecular weight excluding hydrogens is 306 g/mol. The number of carboxylic acids is 1. The smallest absolute Gasteiger partial charge is 0.311 e. The fourth-order valence-corrected chi connectivity index (χ4v) is 4.21. The van der Waals surface area contributed by atoms with E-state index in [2.05, 4.69) is 0 Å². The van der Waals surface area contributed by atoms with Gasteiger partial charge in [-0.1, -0.05) is 33.6 Å². The second-order valence-electron chi connectivity index (χ2n) is 6.48. The van der Waals surface area contributed by atoms with Crippen molar-refractivity contribution in [2.24, 2.45) is 11.3 Å². The molecule has 1 rings (SSSR count). The normalized spacial score (nSPS) is 22.3. The third-order valence-electron chi connectivity index (χ3n) is 4.59. The molecule has 0 aliphatic carbocycles. The van der Waals surface area contributed by atoms with Crippen LogP contribution in [0.2, 0.25) is 0 Å². The standard InChI is InChI=1S/C15H27NO5S/c1-4-5-6-9-22(20,21)10-13(17)16-8-7-15(11-16,12(2)3)14(18)19/h12H,4-11H2,1-3H3,(H,18,19). The van der Waals surface area contributed by atoms with Gasteiger partial charge in [0.25, 0.3) is 0 Å². The van der Waals surface area contributed by atoms with Gasteiger partial charge in [-0.15, -0.1) is 0 Å². The van der Waals surface area contributed by atoms with Gasteiger partial charge >= 0.3 is 5.97 Å². The molecule has 0 radical (unpaired) electrons. The molecule has 1 aliphatic rings. The van der Waals surface area contributed by atoms with Gasteiger partial charge in [0.15, 0.2) is 9.84 Å². The van der Waals surface area contributed by atoms with Crippen molar-refractivity contribution in [3.8, 4) is 0 Å². The summed E-state index contributed by atoms with van der Waals surface area (Å²) in [6.07, 6.45) is 2.69. The van der Waals surface area contributed by atoms with Crippen molar-refractivity contribution in [1.82, 2.24) is 4.90 Å². The number of hydrogen-bond acceptors (Lipinski definition) is 4. The summed E-state index contributed by atoms with van der Waals surface area (Å²) in [7, 11) is -3.41. The Hall–Kier alpha value is -1.11. The van der Waals surface area contributed by atoms with E-state index < -0.39 is 32.9 Å².